The van der Waals surface area contributed by atoms with E-state index in [1.165, 1.54) is 5.56 Å². The molecule has 1 aromatic carbocycles. The third kappa shape index (κ3) is 3.17. The highest BCUT2D eigenvalue weighted by Crippen LogP contribution is 2.30. The Morgan fingerprint density at radius 2 is 2.29 bits per heavy atom. The smallest absolute Gasteiger partial charge is 0.0545 e. The first-order valence-electron chi connectivity index (χ1n) is 4.45. The average molecular weight is 232 g/mol. The maximum Gasteiger partial charge on any atom is 0.0545 e. The number of hydrogen-bond acceptors (Lipinski definition) is 3. The van der Waals surface area contributed by atoms with Gasteiger partial charge in [-0.3, -0.25) is 0 Å². The lowest BCUT2D eigenvalue weighted by molar-refractivity contribution is 0.322. The molecule has 0 fully saturated rings. The standard InChI is InChI=1S/C10H14ClNOS/c1-12-7-8-3-2-4-9(11)10(8)14-6-5-13/h2-4,12-13H,5-7H2,1H3. The zero-order valence-corrected chi connectivity index (χ0v) is 9.66. The van der Waals surface area contributed by atoms with Crippen molar-refractivity contribution in [3.63, 3.8) is 0 Å². The molecule has 0 bridgehead atoms. The van der Waals surface area contributed by atoms with E-state index in [4.69, 9.17) is 16.7 Å². The fraction of sp³-hybridized carbons (Fsp3) is 0.400. The van der Waals surface area contributed by atoms with Crippen LogP contribution in [-0.4, -0.2) is 24.5 Å². The highest BCUT2D eigenvalue weighted by molar-refractivity contribution is 7.99. The fourth-order valence-corrected chi connectivity index (χ4v) is 2.38. The Labute approximate surface area is 93.7 Å². The molecule has 0 aromatic heterocycles. The van der Waals surface area contributed by atoms with E-state index in [9.17, 15) is 0 Å². The van der Waals surface area contributed by atoms with Crippen LogP contribution < -0.4 is 5.32 Å². The van der Waals surface area contributed by atoms with Crippen molar-refractivity contribution in [2.75, 3.05) is 19.4 Å². The van der Waals surface area contributed by atoms with E-state index in [1.807, 2.05) is 25.2 Å². The number of halogens is 1. The van der Waals surface area contributed by atoms with E-state index in [0.717, 1.165) is 16.5 Å². The first kappa shape index (κ1) is 11.9. The van der Waals surface area contributed by atoms with Gasteiger partial charge in [-0.05, 0) is 18.7 Å². The summed E-state index contributed by atoms with van der Waals surface area (Å²) in [5, 5.41) is 12.6. The summed E-state index contributed by atoms with van der Waals surface area (Å²) in [6, 6.07) is 5.86. The summed E-state index contributed by atoms with van der Waals surface area (Å²) in [6.45, 7) is 0.975. The molecule has 2 N–H and O–H groups in total. The highest BCUT2D eigenvalue weighted by Gasteiger charge is 2.06. The van der Waals surface area contributed by atoms with Crippen molar-refractivity contribution in [1.29, 1.82) is 0 Å². The van der Waals surface area contributed by atoms with Crippen LogP contribution in [0.1, 0.15) is 5.56 Å². The molecule has 0 radical (unpaired) electrons. The predicted octanol–water partition coefficient (Wildman–Crippen LogP) is 2.14. The molecule has 14 heavy (non-hydrogen) atoms. The van der Waals surface area contributed by atoms with Gasteiger partial charge in [-0.2, -0.15) is 0 Å². The SMILES string of the molecule is CNCc1cccc(Cl)c1SCCO. The Kier molecular flexibility index (Phi) is 5.33. The second kappa shape index (κ2) is 6.30. The van der Waals surface area contributed by atoms with Gasteiger partial charge in [0.25, 0.3) is 0 Å². The van der Waals surface area contributed by atoms with Crippen LogP contribution in [0.5, 0.6) is 0 Å². The summed E-state index contributed by atoms with van der Waals surface area (Å²) < 4.78 is 0. The van der Waals surface area contributed by atoms with Gasteiger partial charge in [0, 0.05) is 17.2 Å². The van der Waals surface area contributed by atoms with Crippen LogP contribution in [0.3, 0.4) is 0 Å². The molecule has 0 aliphatic carbocycles. The first-order chi connectivity index (χ1) is 6.79. The predicted molar refractivity (Wildman–Crippen MR) is 62.0 cm³/mol. The molecular weight excluding hydrogens is 218 g/mol. The second-order valence-electron chi connectivity index (χ2n) is 2.83. The summed E-state index contributed by atoms with van der Waals surface area (Å²) in [6.07, 6.45) is 0. The van der Waals surface area contributed by atoms with E-state index >= 15 is 0 Å². The number of aliphatic hydroxyl groups excluding tert-OH is 1. The highest BCUT2D eigenvalue weighted by atomic mass is 35.5. The van der Waals surface area contributed by atoms with Gasteiger partial charge in [0.2, 0.25) is 0 Å². The minimum absolute atomic E-state index is 0.175. The summed E-state index contributed by atoms with van der Waals surface area (Å²) in [4.78, 5) is 1.07. The van der Waals surface area contributed by atoms with Gasteiger partial charge in [-0.15, -0.1) is 11.8 Å². The van der Waals surface area contributed by atoms with Crippen molar-refractivity contribution < 1.29 is 5.11 Å². The van der Waals surface area contributed by atoms with E-state index < -0.39 is 0 Å². The summed E-state index contributed by atoms with van der Waals surface area (Å²) in [7, 11) is 1.90. The summed E-state index contributed by atoms with van der Waals surface area (Å²) in [5.41, 5.74) is 1.18. The molecule has 78 valence electrons. The van der Waals surface area contributed by atoms with Crippen molar-refractivity contribution in [2.24, 2.45) is 0 Å². The molecule has 1 rings (SSSR count). The lowest BCUT2D eigenvalue weighted by atomic mass is 10.2. The molecule has 2 nitrogen and oxygen atoms in total. The monoisotopic (exact) mass is 231 g/mol. The molecule has 4 heteroatoms. The maximum absolute atomic E-state index is 8.76. The van der Waals surface area contributed by atoms with Gasteiger partial charge in [0.05, 0.1) is 11.6 Å². The zero-order chi connectivity index (χ0) is 10.4. The van der Waals surface area contributed by atoms with Crippen molar-refractivity contribution in [3.8, 4) is 0 Å². The Balaban J connectivity index is 2.84. The molecule has 0 amide bonds. The van der Waals surface area contributed by atoms with Crippen molar-refractivity contribution in [2.45, 2.75) is 11.4 Å². The van der Waals surface area contributed by atoms with Gasteiger partial charge in [0.15, 0.2) is 0 Å². The molecule has 0 saturated heterocycles. The number of rotatable bonds is 5. The topological polar surface area (TPSA) is 32.3 Å². The van der Waals surface area contributed by atoms with Gasteiger partial charge in [0.1, 0.15) is 0 Å². The van der Waals surface area contributed by atoms with Crippen molar-refractivity contribution in [3.05, 3.63) is 28.8 Å². The molecule has 0 unspecified atom stereocenters. The first-order valence-corrected chi connectivity index (χ1v) is 5.81. The van der Waals surface area contributed by atoms with E-state index in [0.29, 0.717) is 5.75 Å². The van der Waals surface area contributed by atoms with Crippen LogP contribution in [0.2, 0.25) is 5.02 Å². The molecule has 0 heterocycles. The Hall–Kier alpha value is -0.220. The molecular formula is C10H14ClNOS. The molecule has 0 atom stereocenters. The quantitative estimate of drug-likeness (QED) is 0.762. The normalized spacial score (nSPS) is 10.5. The fourth-order valence-electron chi connectivity index (χ4n) is 1.19. The van der Waals surface area contributed by atoms with Gasteiger partial charge in [-0.1, -0.05) is 23.7 Å². The zero-order valence-electron chi connectivity index (χ0n) is 8.09. The molecule has 0 aliphatic heterocycles. The Bertz CT molecular complexity index is 293. The third-order valence-electron chi connectivity index (χ3n) is 1.75. The average Bonchev–Trinajstić information content (AvgIpc) is 2.18. The lowest BCUT2D eigenvalue weighted by Crippen LogP contribution is -2.06. The van der Waals surface area contributed by atoms with Crippen LogP contribution in [0, 0.1) is 0 Å². The van der Waals surface area contributed by atoms with Crippen LogP contribution in [-0.2, 0) is 6.54 Å². The molecule has 1 aromatic rings. The maximum atomic E-state index is 8.76. The van der Waals surface area contributed by atoms with Crippen LogP contribution >= 0.6 is 23.4 Å². The van der Waals surface area contributed by atoms with E-state index in [1.54, 1.807) is 11.8 Å². The van der Waals surface area contributed by atoms with Gasteiger partial charge in [-0.25, -0.2) is 0 Å². The minimum atomic E-state index is 0.175. The summed E-state index contributed by atoms with van der Waals surface area (Å²) in [5.74, 6) is 0.681. The molecule has 0 saturated carbocycles. The molecule has 0 aliphatic rings. The van der Waals surface area contributed by atoms with E-state index in [-0.39, 0.29) is 6.61 Å². The number of thioether (sulfide) groups is 1. The number of hydrogen-bond donors (Lipinski definition) is 2. The van der Waals surface area contributed by atoms with Crippen molar-refractivity contribution >= 4 is 23.4 Å². The number of aliphatic hydroxyl groups is 1. The Morgan fingerprint density at radius 1 is 1.50 bits per heavy atom. The second-order valence-corrected chi connectivity index (χ2v) is 4.34. The van der Waals surface area contributed by atoms with Gasteiger partial charge >= 0.3 is 0 Å². The van der Waals surface area contributed by atoms with Crippen LogP contribution in [0.15, 0.2) is 23.1 Å². The van der Waals surface area contributed by atoms with Crippen LogP contribution in [0.25, 0.3) is 0 Å². The third-order valence-corrected chi connectivity index (χ3v) is 3.34. The summed E-state index contributed by atoms with van der Waals surface area (Å²) >= 11 is 7.66. The number of benzene rings is 1. The largest absolute Gasteiger partial charge is 0.396 e. The van der Waals surface area contributed by atoms with Crippen molar-refractivity contribution in [1.82, 2.24) is 5.32 Å². The number of nitrogens with one attached hydrogen (secondary N) is 1. The molecule has 0 spiro atoms. The van der Waals surface area contributed by atoms with Gasteiger partial charge < -0.3 is 10.4 Å². The Morgan fingerprint density at radius 3 is 2.93 bits per heavy atom. The van der Waals surface area contributed by atoms with Crippen LogP contribution in [0.4, 0.5) is 0 Å². The van der Waals surface area contributed by atoms with E-state index in [2.05, 4.69) is 5.32 Å². The minimum Gasteiger partial charge on any atom is -0.396 e. The lowest BCUT2D eigenvalue weighted by Gasteiger charge is -2.09.